The number of nitrogens with one attached hydrogen (secondary N) is 1. The molecule has 0 aliphatic rings. The molecular weight excluding hydrogens is 178 g/mol. The minimum absolute atomic E-state index is 0.141. The maximum atomic E-state index is 9.33. The Morgan fingerprint density at radius 3 is 2.29 bits per heavy atom. The van der Waals surface area contributed by atoms with Crippen LogP contribution in [0.5, 0.6) is 0 Å². The van der Waals surface area contributed by atoms with Crippen LogP contribution in [0.4, 0.5) is 0 Å². The standard InChI is InChI=1S/C11H25NO2/c1-6-14-10(4)7-11(5,8-13)12-9(2)3/h9-10,12-13H,6-8H2,1-5H3. The second-order valence-corrected chi connectivity index (χ2v) is 4.49. The molecule has 14 heavy (non-hydrogen) atoms. The fraction of sp³-hybridized carbons (Fsp3) is 1.00. The minimum atomic E-state index is -0.233. The summed E-state index contributed by atoms with van der Waals surface area (Å²) in [5.41, 5.74) is -0.233. The van der Waals surface area contributed by atoms with E-state index >= 15 is 0 Å². The highest BCUT2D eigenvalue weighted by molar-refractivity contribution is 4.85. The minimum Gasteiger partial charge on any atom is -0.394 e. The second-order valence-electron chi connectivity index (χ2n) is 4.49. The van der Waals surface area contributed by atoms with E-state index in [1.165, 1.54) is 0 Å². The monoisotopic (exact) mass is 203 g/mol. The Morgan fingerprint density at radius 2 is 1.93 bits per heavy atom. The summed E-state index contributed by atoms with van der Waals surface area (Å²) in [6, 6.07) is 0.376. The summed E-state index contributed by atoms with van der Waals surface area (Å²) in [6.07, 6.45) is 1.01. The molecule has 2 N–H and O–H groups in total. The number of hydrogen-bond donors (Lipinski definition) is 2. The van der Waals surface area contributed by atoms with Gasteiger partial charge in [-0.3, -0.25) is 0 Å². The van der Waals surface area contributed by atoms with E-state index in [9.17, 15) is 5.11 Å². The first-order chi connectivity index (χ1) is 6.43. The van der Waals surface area contributed by atoms with E-state index < -0.39 is 0 Å². The molecule has 0 aliphatic carbocycles. The smallest absolute Gasteiger partial charge is 0.0611 e. The maximum absolute atomic E-state index is 9.33. The molecule has 0 aromatic carbocycles. The fourth-order valence-corrected chi connectivity index (χ4v) is 1.84. The van der Waals surface area contributed by atoms with Crippen molar-refractivity contribution in [1.82, 2.24) is 5.32 Å². The van der Waals surface area contributed by atoms with Crippen molar-refractivity contribution >= 4 is 0 Å². The van der Waals surface area contributed by atoms with Crippen LogP contribution in [0.3, 0.4) is 0 Å². The molecule has 0 fully saturated rings. The zero-order valence-electron chi connectivity index (χ0n) is 10.1. The van der Waals surface area contributed by atoms with E-state index in [0.717, 1.165) is 13.0 Å². The van der Waals surface area contributed by atoms with Crippen LogP contribution >= 0.6 is 0 Å². The van der Waals surface area contributed by atoms with Crippen LogP contribution in [0, 0.1) is 0 Å². The first kappa shape index (κ1) is 13.9. The van der Waals surface area contributed by atoms with Crippen LogP contribution in [-0.4, -0.2) is 36.0 Å². The van der Waals surface area contributed by atoms with E-state index in [1.54, 1.807) is 0 Å². The van der Waals surface area contributed by atoms with Gasteiger partial charge >= 0.3 is 0 Å². The van der Waals surface area contributed by atoms with Crippen LogP contribution < -0.4 is 5.32 Å². The number of aliphatic hydroxyl groups excluding tert-OH is 1. The lowest BCUT2D eigenvalue weighted by Crippen LogP contribution is -2.51. The summed E-state index contributed by atoms with van der Waals surface area (Å²) in [7, 11) is 0. The van der Waals surface area contributed by atoms with Gasteiger partial charge in [0.1, 0.15) is 0 Å². The van der Waals surface area contributed by atoms with Crippen molar-refractivity contribution < 1.29 is 9.84 Å². The molecule has 3 heteroatoms. The van der Waals surface area contributed by atoms with Crippen molar-refractivity contribution in [2.24, 2.45) is 0 Å². The van der Waals surface area contributed by atoms with Gasteiger partial charge in [0.2, 0.25) is 0 Å². The second kappa shape index (κ2) is 6.38. The summed E-state index contributed by atoms with van der Waals surface area (Å²) in [5.74, 6) is 0. The van der Waals surface area contributed by atoms with Crippen LogP contribution in [0.2, 0.25) is 0 Å². The van der Waals surface area contributed by atoms with Gasteiger partial charge in [0, 0.05) is 18.2 Å². The van der Waals surface area contributed by atoms with Crippen LogP contribution in [0.25, 0.3) is 0 Å². The molecule has 0 saturated heterocycles. The van der Waals surface area contributed by atoms with Crippen LogP contribution in [0.1, 0.15) is 41.0 Å². The molecule has 0 aliphatic heterocycles. The summed E-state index contributed by atoms with van der Waals surface area (Å²) in [4.78, 5) is 0. The predicted molar refractivity (Wildman–Crippen MR) is 59.5 cm³/mol. The molecule has 0 rings (SSSR count). The molecule has 0 radical (unpaired) electrons. The summed E-state index contributed by atoms with van der Waals surface area (Å²) < 4.78 is 5.47. The zero-order chi connectivity index (χ0) is 11.2. The Balaban J connectivity index is 4.09. The molecule has 0 aromatic heterocycles. The normalized spacial score (nSPS) is 18.2. The topological polar surface area (TPSA) is 41.5 Å². The molecule has 2 atom stereocenters. The third-order valence-corrected chi connectivity index (χ3v) is 2.18. The highest BCUT2D eigenvalue weighted by Gasteiger charge is 2.26. The van der Waals surface area contributed by atoms with E-state index in [1.807, 2.05) is 20.8 Å². The van der Waals surface area contributed by atoms with Crippen molar-refractivity contribution in [2.75, 3.05) is 13.2 Å². The zero-order valence-corrected chi connectivity index (χ0v) is 10.1. The number of hydrogen-bond acceptors (Lipinski definition) is 3. The van der Waals surface area contributed by atoms with Gasteiger partial charge in [0.05, 0.1) is 12.7 Å². The van der Waals surface area contributed by atoms with Crippen molar-refractivity contribution in [1.29, 1.82) is 0 Å². The Labute approximate surface area is 87.8 Å². The van der Waals surface area contributed by atoms with Crippen molar-refractivity contribution in [2.45, 2.75) is 58.7 Å². The van der Waals surface area contributed by atoms with E-state index in [4.69, 9.17) is 4.74 Å². The van der Waals surface area contributed by atoms with Crippen LogP contribution in [0.15, 0.2) is 0 Å². The predicted octanol–water partition coefficient (Wildman–Crippen LogP) is 1.55. The molecule has 0 aromatic rings. The van der Waals surface area contributed by atoms with Gasteiger partial charge in [-0.05, 0) is 27.2 Å². The van der Waals surface area contributed by atoms with E-state index in [2.05, 4.69) is 19.2 Å². The highest BCUT2D eigenvalue weighted by atomic mass is 16.5. The Morgan fingerprint density at radius 1 is 1.36 bits per heavy atom. The Bertz CT molecular complexity index is 150. The molecule has 3 nitrogen and oxygen atoms in total. The average Bonchev–Trinajstić information content (AvgIpc) is 2.02. The van der Waals surface area contributed by atoms with E-state index in [-0.39, 0.29) is 18.2 Å². The summed E-state index contributed by atoms with van der Waals surface area (Å²) in [5, 5.41) is 12.7. The molecule has 86 valence electrons. The number of aliphatic hydroxyl groups is 1. The average molecular weight is 203 g/mol. The molecule has 0 heterocycles. The van der Waals surface area contributed by atoms with Crippen molar-refractivity contribution in [3.8, 4) is 0 Å². The first-order valence-corrected chi connectivity index (χ1v) is 5.43. The van der Waals surface area contributed by atoms with Gasteiger partial charge in [-0.25, -0.2) is 0 Å². The van der Waals surface area contributed by atoms with Crippen molar-refractivity contribution in [3.63, 3.8) is 0 Å². The lowest BCUT2D eigenvalue weighted by atomic mass is 9.95. The molecule has 0 saturated carbocycles. The van der Waals surface area contributed by atoms with Gasteiger partial charge in [-0.15, -0.1) is 0 Å². The first-order valence-electron chi connectivity index (χ1n) is 5.43. The number of rotatable bonds is 7. The molecule has 0 spiro atoms. The molecule has 2 unspecified atom stereocenters. The number of ether oxygens (including phenoxy) is 1. The lowest BCUT2D eigenvalue weighted by Gasteiger charge is -2.33. The fourth-order valence-electron chi connectivity index (χ4n) is 1.84. The molecule has 0 bridgehead atoms. The third kappa shape index (κ3) is 5.58. The Kier molecular flexibility index (Phi) is 6.33. The molecule has 0 amide bonds. The van der Waals surface area contributed by atoms with Gasteiger partial charge in [-0.1, -0.05) is 13.8 Å². The quantitative estimate of drug-likeness (QED) is 0.659. The van der Waals surface area contributed by atoms with E-state index in [0.29, 0.717) is 6.04 Å². The van der Waals surface area contributed by atoms with Gasteiger partial charge < -0.3 is 15.2 Å². The van der Waals surface area contributed by atoms with Crippen molar-refractivity contribution in [3.05, 3.63) is 0 Å². The summed E-state index contributed by atoms with van der Waals surface area (Å²) in [6.45, 7) is 11.1. The molecular formula is C11H25NO2. The highest BCUT2D eigenvalue weighted by Crippen LogP contribution is 2.14. The largest absolute Gasteiger partial charge is 0.394 e. The lowest BCUT2D eigenvalue weighted by molar-refractivity contribution is 0.0329. The SMILES string of the molecule is CCOC(C)CC(C)(CO)NC(C)C. The van der Waals surface area contributed by atoms with Gasteiger partial charge in [-0.2, -0.15) is 0 Å². The third-order valence-electron chi connectivity index (χ3n) is 2.18. The van der Waals surface area contributed by atoms with Gasteiger partial charge in [0.15, 0.2) is 0 Å². The summed E-state index contributed by atoms with van der Waals surface area (Å²) >= 11 is 0. The van der Waals surface area contributed by atoms with Crippen LogP contribution in [-0.2, 0) is 4.74 Å². The maximum Gasteiger partial charge on any atom is 0.0611 e. The van der Waals surface area contributed by atoms with Gasteiger partial charge in [0.25, 0.3) is 0 Å². The Hall–Kier alpha value is -0.120.